The van der Waals surface area contributed by atoms with Crippen LogP contribution in [0.25, 0.3) is 0 Å². The Labute approximate surface area is 177 Å². The van der Waals surface area contributed by atoms with Crippen LogP contribution in [0.5, 0.6) is 5.75 Å². The van der Waals surface area contributed by atoms with Gasteiger partial charge in [0, 0.05) is 49.2 Å². The van der Waals surface area contributed by atoms with E-state index in [1.807, 2.05) is 29.2 Å². The third-order valence-corrected chi connectivity index (χ3v) is 4.74. The minimum Gasteiger partial charge on any atom is -0.497 e. The van der Waals surface area contributed by atoms with Gasteiger partial charge in [0.1, 0.15) is 11.4 Å². The van der Waals surface area contributed by atoms with E-state index in [4.69, 9.17) is 9.47 Å². The normalized spacial score (nSPS) is 14.3. The van der Waals surface area contributed by atoms with Gasteiger partial charge in [0.25, 0.3) is 5.91 Å². The molecule has 3 rings (SSSR count). The number of nitrogens with one attached hydrogen (secondary N) is 1. The van der Waals surface area contributed by atoms with Crippen LogP contribution in [0.1, 0.15) is 31.1 Å². The highest BCUT2D eigenvalue weighted by Crippen LogP contribution is 2.23. The first-order chi connectivity index (χ1) is 14.2. The minimum absolute atomic E-state index is 0.0480. The van der Waals surface area contributed by atoms with Crippen LogP contribution in [0.3, 0.4) is 0 Å². The molecule has 2 aromatic carbocycles. The molecule has 2 aromatic rings. The highest BCUT2D eigenvalue weighted by Gasteiger charge is 2.23. The molecule has 2 amide bonds. The Morgan fingerprint density at radius 3 is 2.33 bits per heavy atom. The molecule has 0 unspecified atom stereocenters. The molecular weight excluding hydrogens is 382 g/mol. The Morgan fingerprint density at radius 2 is 1.67 bits per heavy atom. The first-order valence-corrected chi connectivity index (χ1v) is 10.0. The van der Waals surface area contributed by atoms with Gasteiger partial charge < -0.3 is 19.3 Å². The lowest BCUT2D eigenvalue weighted by Gasteiger charge is -2.36. The van der Waals surface area contributed by atoms with Crippen molar-refractivity contribution >= 4 is 23.4 Å². The molecule has 1 heterocycles. The summed E-state index contributed by atoms with van der Waals surface area (Å²) in [7, 11) is 1.65. The Bertz CT molecular complexity index is 899. The van der Waals surface area contributed by atoms with Crippen molar-refractivity contribution in [2.75, 3.05) is 43.5 Å². The summed E-state index contributed by atoms with van der Waals surface area (Å²) >= 11 is 0. The van der Waals surface area contributed by atoms with Crippen molar-refractivity contribution in [3.8, 4) is 5.75 Å². The van der Waals surface area contributed by atoms with E-state index in [2.05, 4.69) is 10.2 Å². The molecule has 0 bridgehead atoms. The van der Waals surface area contributed by atoms with E-state index in [0.29, 0.717) is 24.3 Å². The van der Waals surface area contributed by atoms with Crippen LogP contribution in [0.2, 0.25) is 0 Å². The maximum atomic E-state index is 13.0. The number of methoxy groups -OCH3 is 1. The molecule has 0 saturated carbocycles. The predicted molar refractivity (Wildman–Crippen MR) is 117 cm³/mol. The molecule has 1 aliphatic rings. The van der Waals surface area contributed by atoms with E-state index < -0.39 is 11.7 Å². The molecule has 1 aliphatic heterocycles. The van der Waals surface area contributed by atoms with Crippen molar-refractivity contribution < 1.29 is 19.1 Å². The Kier molecular flexibility index (Phi) is 6.50. The van der Waals surface area contributed by atoms with Gasteiger partial charge >= 0.3 is 6.09 Å². The third-order valence-electron chi connectivity index (χ3n) is 4.74. The van der Waals surface area contributed by atoms with Gasteiger partial charge in [-0.15, -0.1) is 0 Å². The lowest BCUT2D eigenvalue weighted by Crippen LogP contribution is -2.48. The predicted octanol–water partition coefficient (Wildman–Crippen LogP) is 4.00. The van der Waals surface area contributed by atoms with E-state index in [0.717, 1.165) is 24.5 Å². The van der Waals surface area contributed by atoms with Gasteiger partial charge in [0.05, 0.1) is 7.11 Å². The van der Waals surface area contributed by atoms with E-state index in [1.54, 1.807) is 52.1 Å². The Morgan fingerprint density at radius 1 is 0.967 bits per heavy atom. The highest BCUT2D eigenvalue weighted by atomic mass is 16.6. The summed E-state index contributed by atoms with van der Waals surface area (Å²) < 4.78 is 10.6. The van der Waals surface area contributed by atoms with Crippen molar-refractivity contribution in [1.29, 1.82) is 0 Å². The first-order valence-electron chi connectivity index (χ1n) is 10.0. The summed E-state index contributed by atoms with van der Waals surface area (Å²) in [6.07, 6.45) is -0.543. The average Bonchev–Trinajstić information content (AvgIpc) is 2.72. The zero-order valence-corrected chi connectivity index (χ0v) is 18.0. The summed E-state index contributed by atoms with van der Waals surface area (Å²) in [4.78, 5) is 29.0. The van der Waals surface area contributed by atoms with Gasteiger partial charge in [0.2, 0.25) is 0 Å². The minimum atomic E-state index is -0.583. The number of anilines is 2. The van der Waals surface area contributed by atoms with E-state index in [1.165, 1.54) is 0 Å². The topological polar surface area (TPSA) is 71.1 Å². The van der Waals surface area contributed by atoms with Gasteiger partial charge in [-0.3, -0.25) is 10.1 Å². The molecule has 0 spiro atoms. The molecule has 1 N–H and O–H groups in total. The van der Waals surface area contributed by atoms with Crippen LogP contribution < -0.4 is 15.0 Å². The zero-order chi connectivity index (χ0) is 21.7. The summed E-state index contributed by atoms with van der Waals surface area (Å²) in [6, 6.07) is 14.9. The fourth-order valence-corrected chi connectivity index (χ4v) is 3.31. The smallest absolute Gasteiger partial charge is 0.412 e. The van der Waals surface area contributed by atoms with Crippen LogP contribution >= 0.6 is 0 Å². The molecular formula is C23H29N3O4. The monoisotopic (exact) mass is 411 g/mol. The largest absolute Gasteiger partial charge is 0.497 e. The third kappa shape index (κ3) is 5.65. The van der Waals surface area contributed by atoms with E-state index in [-0.39, 0.29) is 5.91 Å². The van der Waals surface area contributed by atoms with Crippen molar-refractivity contribution in [2.45, 2.75) is 26.4 Å². The number of carbonyl (C=O) groups is 2. The Balaban J connectivity index is 1.60. The van der Waals surface area contributed by atoms with Crippen LogP contribution in [-0.4, -0.2) is 55.8 Å². The number of nitrogens with zero attached hydrogens (tertiary/aromatic N) is 2. The molecule has 7 nitrogen and oxygen atoms in total. The number of benzene rings is 2. The lowest BCUT2D eigenvalue weighted by atomic mass is 10.1. The quantitative estimate of drug-likeness (QED) is 0.823. The maximum Gasteiger partial charge on any atom is 0.412 e. The van der Waals surface area contributed by atoms with Crippen LogP contribution in [0.4, 0.5) is 16.2 Å². The van der Waals surface area contributed by atoms with E-state index >= 15 is 0 Å². The van der Waals surface area contributed by atoms with Gasteiger partial charge in [-0.2, -0.15) is 0 Å². The molecule has 1 saturated heterocycles. The molecule has 0 atom stereocenters. The number of amides is 2. The van der Waals surface area contributed by atoms with Crippen LogP contribution in [-0.2, 0) is 4.74 Å². The second-order valence-corrected chi connectivity index (χ2v) is 8.19. The summed E-state index contributed by atoms with van der Waals surface area (Å²) in [5.74, 6) is 0.772. The van der Waals surface area contributed by atoms with Crippen LogP contribution in [0.15, 0.2) is 48.5 Å². The summed E-state index contributed by atoms with van der Waals surface area (Å²) in [5, 5.41) is 2.68. The molecule has 0 aromatic heterocycles. The summed E-state index contributed by atoms with van der Waals surface area (Å²) in [5.41, 5.74) is 1.58. The maximum absolute atomic E-state index is 13.0. The van der Waals surface area contributed by atoms with Gasteiger partial charge in [-0.25, -0.2) is 4.79 Å². The standard InChI is InChI=1S/C23H29N3O4/c1-23(2,3)30-22(28)24-18-8-5-7-17(15-18)21(27)26-13-11-25(12-14-26)19-9-6-10-20(16-19)29-4/h5-10,15-16H,11-14H2,1-4H3,(H,24,28). The van der Waals surface area contributed by atoms with Crippen molar-refractivity contribution in [1.82, 2.24) is 4.90 Å². The molecule has 0 aliphatic carbocycles. The number of rotatable bonds is 4. The van der Waals surface area contributed by atoms with Gasteiger partial charge in [0.15, 0.2) is 0 Å². The van der Waals surface area contributed by atoms with Gasteiger partial charge in [-0.1, -0.05) is 12.1 Å². The van der Waals surface area contributed by atoms with Crippen molar-refractivity contribution in [3.63, 3.8) is 0 Å². The molecule has 160 valence electrons. The SMILES string of the molecule is COc1cccc(N2CCN(C(=O)c3cccc(NC(=O)OC(C)(C)C)c3)CC2)c1. The number of hydrogen-bond acceptors (Lipinski definition) is 5. The number of carbonyl (C=O) groups excluding carboxylic acids is 2. The second-order valence-electron chi connectivity index (χ2n) is 8.19. The summed E-state index contributed by atoms with van der Waals surface area (Å²) in [6.45, 7) is 8.15. The molecule has 0 radical (unpaired) electrons. The zero-order valence-electron chi connectivity index (χ0n) is 18.0. The second kappa shape index (κ2) is 9.07. The molecule has 7 heteroatoms. The molecule has 30 heavy (non-hydrogen) atoms. The van der Waals surface area contributed by atoms with E-state index in [9.17, 15) is 9.59 Å². The van der Waals surface area contributed by atoms with Gasteiger partial charge in [-0.05, 0) is 51.1 Å². The van der Waals surface area contributed by atoms with Crippen molar-refractivity contribution in [3.05, 3.63) is 54.1 Å². The number of piperazine rings is 1. The lowest BCUT2D eigenvalue weighted by molar-refractivity contribution is 0.0634. The average molecular weight is 412 g/mol. The first kappa shape index (κ1) is 21.5. The number of ether oxygens (including phenoxy) is 2. The fourth-order valence-electron chi connectivity index (χ4n) is 3.31. The van der Waals surface area contributed by atoms with Crippen molar-refractivity contribution in [2.24, 2.45) is 0 Å². The number of hydrogen-bond donors (Lipinski definition) is 1. The van der Waals surface area contributed by atoms with Crippen LogP contribution in [0, 0.1) is 0 Å². The fraction of sp³-hybridized carbons (Fsp3) is 0.391. The molecule has 1 fully saturated rings. The highest BCUT2D eigenvalue weighted by molar-refractivity contribution is 5.96. The Hall–Kier alpha value is -3.22.